The Labute approximate surface area is 175 Å². The van der Waals surface area contributed by atoms with Crippen molar-refractivity contribution in [3.05, 3.63) is 58.8 Å². The lowest BCUT2D eigenvalue weighted by Crippen LogP contribution is -2.23. The van der Waals surface area contributed by atoms with Crippen molar-refractivity contribution < 1.29 is 14.3 Å². The Bertz CT molecular complexity index is 855. The lowest BCUT2D eigenvalue weighted by molar-refractivity contribution is -0.122. The van der Waals surface area contributed by atoms with Crippen LogP contribution in [0.15, 0.2) is 63.2 Å². The summed E-state index contributed by atoms with van der Waals surface area (Å²) in [6.45, 7) is 0.716. The number of fused-ring (bicyclic) bond motifs is 1. The van der Waals surface area contributed by atoms with E-state index < -0.39 is 6.10 Å². The first-order valence-electron chi connectivity index (χ1n) is 8.29. The molecule has 1 aliphatic rings. The monoisotopic (exact) mass is 441 g/mol. The van der Waals surface area contributed by atoms with Gasteiger partial charge in [-0.05, 0) is 36.8 Å². The molecule has 2 aromatic rings. The number of thiazole rings is 1. The van der Waals surface area contributed by atoms with E-state index in [2.05, 4.69) is 11.1 Å². The van der Waals surface area contributed by atoms with E-state index in [4.69, 9.17) is 32.7 Å². The van der Waals surface area contributed by atoms with Crippen LogP contribution >= 0.6 is 46.3 Å². The number of rotatable bonds is 9. The molecule has 0 fully saturated rings. The van der Waals surface area contributed by atoms with Crippen LogP contribution in [0, 0.1) is 0 Å². The van der Waals surface area contributed by atoms with Gasteiger partial charge in [0, 0.05) is 11.8 Å². The Hall–Kier alpha value is -1.31. The molecule has 0 N–H and O–H groups in total. The van der Waals surface area contributed by atoms with Gasteiger partial charge in [0.15, 0.2) is 10.1 Å². The van der Waals surface area contributed by atoms with Gasteiger partial charge >= 0.3 is 0 Å². The van der Waals surface area contributed by atoms with E-state index in [1.165, 1.54) is 16.9 Å². The molecule has 0 aliphatic heterocycles. The summed E-state index contributed by atoms with van der Waals surface area (Å²) in [6, 6.07) is 8.12. The highest BCUT2D eigenvalue weighted by molar-refractivity contribution is 8.01. The summed E-state index contributed by atoms with van der Waals surface area (Å²) in [7, 11) is 0. The predicted octanol–water partition coefficient (Wildman–Crippen LogP) is 5.52. The summed E-state index contributed by atoms with van der Waals surface area (Å²) in [5, 5.41) is 0. The Morgan fingerprint density at radius 1 is 1.33 bits per heavy atom. The van der Waals surface area contributed by atoms with Crippen LogP contribution in [-0.4, -0.2) is 35.8 Å². The van der Waals surface area contributed by atoms with Gasteiger partial charge < -0.3 is 9.47 Å². The molecule has 27 heavy (non-hydrogen) atoms. The van der Waals surface area contributed by atoms with E-state index in [0.717, 1.165) is 22.0 Å². The number of allylic oxidation sites excluding steroid dienone is 1. The Morgan fingerprint density at radius 2 is 2.19 bits per heavy atom. The molecule has 1 aromatic heterocycles. The average Bonchev–Trinajstić information content (AvgIpc) is 3.05. The molecule has 0 amide bonds. The third-order valence-electron chi connectivity index (χ3n) is 3.57. The fourth-order valence-corrected chi connectivity index (χ4v) is 4.49. The molecule has 142 valence electrons. The van der Waals surface area contributed by atoms with E-state index in [0.29, 0.717) is 12.4 Å². The highest BCUT2D eigenvalue weighted by Crippen LogP contribution is 2.29. The zero-order valence-electron chi connectivity index (χ0n) is 14.3. The largest absolute Gasteiger partial charge is 0.493 e. The molecule has 1 aromatic carbocycles. The van der Waals surface area contributed by atoms with Crippen molar-refractivity contribution in [2.24, 2.45) is 0 Å². The number of ketones is 1. The minimum atomic E-state index is -0.629. The number of carbonyl (C=O) groups is 1. The Kier molecular flexibility index (Phi) is 7.79. The normalized spacial score (nSPS) is 16.4. The third-order valence-corrected chi connectivity index (χ3v) is 6.15. The molecule has 0 saturated heterocycles. The molecule has 4 nitrogen and oxygen atoms in total. The quantitative estimate of drug-likeness (QED) is 0.378. The number of nitrogens with zero attached hydrogens (tertiary/aromatic N) is 1. The van der Waals surface area contributed by atoms with Crippen LogP contribution in [0.3, 0.4) is 0 Å². The van der Waals surface area contributed by atoms with E-state index in [-0.39, 0.29) is 16.9 Å². The van der Waals surface area contributed by atoms with Gasteiger partial charge in [0.2, 0.25) is 0 Å². The second kappa shape index (κ2) is 10.3. The summed E-state index contributed by atoms with van der Waals surface area (Å²) < 4.78 is 13.4. The van der Waals surface area contributed by atoms with Crippen LogP contribution in [0.25, 0.3) is 10.2 Å². The van der Waals surface area contributed by atoms with E-state index in [1.54, 1.807) is 35.3 Å². The van der Waals surface area contributed by atoms with Crippen molar-refractivity contribution in [2.75, 3.05) is 19.0 Å². The molecule has 8 heteroatoms. The van der Waals surface area contributed by atoms with Gasteiger partial charge in [0.25, 0.3) is 0 Å². The van der Waals surface area contributed by atoms with Crippen molar-refractivity contribution in [1.82, 2.24) is 4.98 Å². The Balaban J connectivity index is 1.36. The van der Waals surface area contributed by atoms with Gasteiger partial charge in [0.1, 0.15) is 16.4 Å². The fourth-order valence-electron chi connectivity index (χ4n) is 2.31. The smallest absolute Gasteiger partial charge is 0.192 e. The minimum absolute atomic E-state index is 0.116. The molecule has 1 aliphatic carbocycles. The van der Waals surface area contributed by atoms with E-state index in [1.807, 2.05) is 18.2 Å². The first-order chi connectivity index (χ1) is 13.1. The summed E-state index contributed by atoms with van der Waals surface area (Å²) in [5.41, 5.74) is 1.04. The summed E-state index contributed by atoms with van der Waals surface area (Å²) in [5.74, 6) is 1.30. The molecule has 0 spiro atoms. The van der Waals surface area contributed by atoms with Gasteiger partial charge in [-0.15, -0.1) is 11.3 Å². The van der Waals surface area contributed by atoms with Crippen LogP contribution in [0.1, 0.15) is 6.42 Å². The molecular formula is C19H17Cl2NO3S2. The third kappa shape index (κ3) is 6.36. The second-order valence-electron chi connectivity index (χ2n) is 5.55. The van der Waals surface area contributed by atoms with Crippen molar-refractivity contribution >= 4 is 62.3 Å². The highest BCUT2D eigenvalue weighted by Gasteiger charge is 2.18. The molecular weight excluding hydrogens is 425 g/mol. The van der Waals surface area contributed by atoms with Crippen LogP contribution in [0.4, 0.5) is 0 Å². The topological polar surface area (TPSA) is 48.4 Å². The van der Waals surface area contributed by atoms with Crippen molar-refractivity contribution in [2.45, 2.75) is 16.9 Å². The zero-order valence-corrected chi connectivity index (χ0v) is 17.4. The number of ether oxygens (including phenoxy) is 2. The number of halogens is 2. The van der Waals surface area contributed by atoms with Crippen LogP contribution in [0.5, 0.6) is 0 Å². The first kappa shape index (κ1) is 20.4. The number of hydrogen-bond acceptors (Lipinski definition) is 6. The fraction of sp³-hybridized carbons (Fsp3) is 0.263. The highest BCUT2D eigenvalue weighted by atomic mass is 35.5. The van der Waals surface area contributed by atoms with Gasteiger partial charge in [0.05, 0.1) is 23.4 Å². The van der Waals surface area contributed by atoms with Gasteiger partial charge in [-0.1, -0.05) is 47.1 Å². The predicted molar refractivity (Wildman–Crippen MR) is 113 cm³/mol. The van der Waals surface area contributed by atoms with Crippen molar-refractivity contribution in [1.29, 1.82) is 0 Å². The van der Waals surface area contributed by atoms with Gasteiger partial charge in [-0.2, -0.15) is 0 Å². The lowest BCUT2D eigenvalue weighted by Gasteiger charge is -2.15. The summed E-state index contributed by atoms with van der Waals surface area (Å²) >= 11 is 14.4. The van der Waals surface area contributed by atoms with E-state index >= 15 is 0 Å². The molecule has 1 unspecified atom stereocenters. The standard InChI is InChI=1S/C19H17Cl2NO3S2/c20-18(21)8-10-25-16-7-6-13(12-15(16)23)24-9-3-11-26-19-22-14-4-1-2-5-17(14)27-19/h1-2,4-8,12,16H,3,9-11H2. The maximum atomic E-state index is 12.0. The number of carbonyl (C=O) groups excluding carboxylic acids is 1. The van der Waals surface area contributed by atoms with Gasteiger partial charge in [-0.3, -0.25) is 4.79 Å². The lowest BCUT2D eigenvalue weighted by atomic mass is 10.1. The average molecular weight is 442 g/mol. The molecule has 0 bridgehead atoms. The number of hydrogen-bond donors (Lipinski definition) is 0. The SMILES string of the molecule is O=C1C=C(OCCCSc2nc3ccccc3s2)C=CC1OCC=C(Cl)Cl. The molecule has 1 heterocycles. The van der Waals surface area contributed by atoms with Crippen LogP contribution < -0.4 is 0 Å². The maximum Gasteiger partial charge on any atom is 0.192 e. The maximum absolute atomic E-state index is 12.0. The molecule has 0 radical (unpaired) electrons. The molecule has 1 atom stereocenters. The van der Waals surface area contributed by atoms with Crippen LogP contribution in [-0.2, 0) is 14.3 Å². The Morgan fingerprint density at radius 3 is 2.96 bits per heavy atom. The van der Waals surface area contributed by atoms with Crippen molar-refractivity contribution in [3.8, 4) is 0 Å². The van der Waals surface area contributed by atoms with Gasteiger partial charge in [-0.25, -0.2) is 4.98 Å². The molecule has 0 saturated carbocycles. The number of para-hydroxylation sites is 1. The van der Waals surface area contributed by atoms with Crippen LogP contribution in [0.2, 0.25) is 0 Å². The summed E-state index contributed by atoms with van der Waals surface area (Å²) in [4.78, 5) is 16.6. The van der Waals surface area contributed by atoms with Crippen molar-refractivity contribution in [3.63, 3.8) is 0 Å². The second-order valence-corrected chi connectivity index (χ2v) is 8.93. The number of aromatic nitrogens is 1. The first-order valence-corrected chi connectivity index (χ1v) is 10.9. The zero-order chi connectivity index (χ0) is 19.1. The minimum Gasteiger partial charge on any atom is -0.493 e. The number of benzene rings is 1. The number of thioether (sulfide) groups is 1. The van der Waals surface area contributed by atoms with E-state index in [9.17, 15) is 4.79 Å². The molecule has 3 rings (SSSR count). The summed E-state index contributed by atoms with van der Waals surface area (Å²) in [6.07, 6.45) is 6.60.